The molecule has 0 atom stereocenters. The lowest BCUT2D eigenvalue weighted by atomic mass is 10.1. The number of halogens is 1. The van der Waals surface area contributed by atoms with Gasteiger partial charge in [-0.25, -0.2) is 4.79 Å². The number of hydrogen-bond donors (Lipinski definition) is 2. The minimum atomic E-state index is -0.893. The Morgan fingerprint density at radius 1 is 1.40 bits per heavy atom. The number of hydrogen-bond acceptors (Lipinski definition) is 2. The number of nitrogens with one attached hydrogen (secondary N) is 1. The van der Waals surface area contributed by atoms with Crippen molar-refractivity contribution in [1.82, 2.24) is 5.32 Å². The second-order valence-electron chi connectivity index (χ2n) is 2.92. The van der Waals surface area contributed by atoms with E-state index in [1.807, 2.05) is 0 Å². The van der Waals surface area contributed by atoms with Crippen molar-refractivity contribution in [3.05, 3.63) is 48.0 Å². The Hall–Kier alpha value is -1.32. The normalized spacial score (nSPS) is 9.07. The first-order valence-electron chi connectivity index (χ1n) is 4.38. The quantitative estimate of drug-likeness (QED) is 0.598. The summed E-state index contributed by atoms with van der Waals surface area (Å²) in [7, 11) is 0. The molecule has 1 rings (SSSR count). The second-order valence-corrected chi connectivity index (χ2v) is 2.92. The van der Waals surface area contributed by atoms with E-state index in [4.69, 9.17) is 5.11 Å². The fourth-order valence-electron chi connectivity index (χ4n) is 1.08. The van der Waals surface area contributed by atoms with E-state index >= 15 is 0 Å². The molecule has 1 aromatic carbocycles. The Morgan fingerprint density at radius 3 is 2.47 bits per heavy atom. The molecule has 0 spiro atoms. The highest BCUT2D eigenvalue weighted by Crippen LogP contribution is 2.03. The number of aromatic carboxylic acids is 1. The molecule has 0 amide bonds. The summed E-state index contributed by atoms with van der Waals surface area (Å²) in [5.74, 6) is -0.893. The van der Waals surface area contributed by atoms with Gasteiger partial charge in [-0.1, -0.05) is 18.2 Å². The van der Waals surface area contributed by atoms with Gasteiger partial charge < -0.3 is 10.4 Å². The molecule has 0 aliphatic carbocycles. The van der Waals surface area contributed by atoms with Gasteiger partial charge in [-0.05, 0) is 17.7 Å². The highest BCUT2D eigenvalue weighted by molar-refractivity contribution is 5.87. The van der Waals surface area contributed by atoms with Crippen LogP contribution in [0.25, 0.3) is 0 Å². The first-order chi connectivity index (χ1) is 6.74. The van der Waals surface area contributed by atoms with Gasteiger partial charge >= 0.3 is 5.97 Å². The molecule has 0 saturated heterocycles. The van der Waals surface area contributed by atoms with Crippen molar-refractivity contribution in [2.24, 2.45) is 0 Å². The summed E-state index contributed by atoms with van der Waals surface area (Å²) in [6, 6.07) is 6.82. The number of carboxylic acid groups (broad SMARTS) is 1. The molecule has 0 aromatic heterocycles. The fourth-order valence-corrected chi connectivity index (χ4v) is 1.08. The highest BCUT2D eigenvalue weighted by Gasteiger charge is 2.00. The van der Waals surface area contributed by atoms with E-state index in [0.29, 0.717) is 5.56 Å². The standard InChI is InChI=1S/C11H13NO2.ClH/c1-2-7-12-8-9-3-5-10(6-4-9)11(13)14;/h2-6,12H,1,7-8H2,(H,13,14);1H. The van der Waals surface area contributed by atoms with Crippen LogP contribution >= 0.6 is 12.4 Å². The monoisotopic (exact) mass is 227 g/mol. The summed E-state index contributed by atoms with van der Waals surface area (Å²) in [5.41, 5.74) is 1.38. The molecule has 0 fully saturated rings. The zero-order valence-electron chi connectivity index (χ0n) is 8.27. The van der Waals surface area contributed by atoms with E-state index in [9.17, 15) is 4.79 Å². The van der Waals surface area contributed by atoms with Crippen LogP contribution in [0, 0.1) is 0 Å². The first kappa shape index (κ1) is 13.7. The zero-order chi connectivity index (χ0) is 10.4. The second kappa shape index (κ2) is 7.04. The summed E-state index contributed by atoms with van der Waals surface area (Å²) in [4.78, 5) is 10.5. The average Bonchev–Trinajstić information content (AvgIpc) is 2.19. The van der Waals surface area contributed by atoms with Gasteiger partial charge in [0, 0.05) is 13.1 Å². The summed E-state index contributed by atoms with van der Waals surface area (Å²) in [6.07, 6.45) is 1.78. The predicted octanol–water partition coefficient (Wildman–Crippen LogP) is 2.08. The zero-order valence-corrected chi connectivity index (χ0v) is 9.09. The molecule has 0 heterocycles. The van der Waals surface area contributed by atoms with Crippen LogP contribution in [0.1, 0.15) is 15.9 Å². The van der Waals surface area contributed by atoms with Gasteiger partial charge in [-0.3, -0.25) is 0 Å². The van der Waals surface area contributed by atoms with Crippen molar-refractivity contribution >= 4 is 18.4 Å². The van der Waals surface area contributed by atoms with E-state index in [1.165, 1.54) is 0 Å². The molecule has 0 unspecified atom stereocenters. The highest BCUT2D eigenvalue weighted by atomic mass is 35.5. The lowest BCUT2D eigenvalue weighted by molar-refractivity contribution is 0.0697. The van der Waals surface area contributed by atoms with Gasteiger partial charge in [0.25, 0.3) is 0 Å². The van der Waals surface area contributed by atoms with Crippen LogP contribution in [-0.4, -0.2) is 17.6 Å². The molecule has 3 nitrogen and oxygen atoms in total. The Bertz CT molecular complexity index is 322. The van der Waals surface area contributed by atoms with Gasteiger partial charge in [0.05, 0.1) is 5.56 Å². The largest absolute Gasteiger partial charge is 0.478 e. The average molecular weight is 228 g/mol. The van der Waals surface area contributed by atoms with Crippen molar-refractivity contribution in [1.29, 1.82) is 0 Å². The molecule has 2 N–H and O–H groups in total. The molecule has 0 aliphatic heterocycles. The third-order valence-electron chi connectivity index (χ3n) is 1.82. The molecule has 1 aromatic rings. The molecule has 4 heteroatoms. The maximum absolute atomic E-state index is 10.5. The first-order valence-corrected chi connectivity index (χ1v) is 4.38. The van der Waals surface area contributed by atoms with Crippen LogP contribution in [0.4, 0.5) is 0 Å². The topological polar surface area (TPSA) is 49.3 Å². The molecule has 0 aliphatic rings. The van der Waals surface area contributed by atoms with Crippen LogP contribution in [0.2, 0.25) is 0 Å². The summed E-state index contributed by atoms with van der Waals surface area (Å²) >= 11 is 0. The van der Waals surface area contributed by atoms with E-state index in [0.717, 1.165) is 18.7 Å². The van der Waals surface area contributed by atoms with E-state index < -0.39 is 5.97 Å². The smallest absolute Gasteiger partial charge is 0.335 e. The van der Waals surface area contributed by atoms with Crippen LogP contribution in [-0.2, 0) is 6.54 Å². The van der Waals surface area contributed by atoms with E-state index in [-0.39, 0.29) is 12.4 Å². The van der Waals surface area contributed by atoms with Crippen LogP contribution in [0.3, 0.4) is 0 Å². The lowest BCUT2D eigenvalue weighted by Crippen LogP contribution is -2.12. The van der Waals surface area contributed by atoms with Crippen LogP contribution in [0.15, 0.2) is 36.9 Å². The van der Waals surface area contributed by atoms with Gasteiger partial charge in [0.1, 0.15) is 0 Å². The minimum Gasteiger partial charge on any atom is -0.478 e. The molecule has 15 heavy (non-hydrogen) atoms. The Morgan fingerprint density at radius 2 is 2.00 bits per heavy atom. The third-order valence-corrected chi connectivity index (χ3v) is 1.82. The molecular formula is C11H14ClNO2. The van der Waals surface area contributed by atoms with Gasteiger partial charge in [0.2, 0.25) is 0 Å². The minimum absolute atomic E-state index is 0. The SMILES string of the molecule is C=CCNCc1ccc(C(=O)O)cc1.Cl. The lowest BCUT2D eigenvalue weighted by Gasteiger charge is -2.02. The molecule has 0 bridgehead atoms. The Kier molecular flexibility index (Phi) is 6.42. The van der Waals surface area contributed by atoms with Crippen LogP contribution < -0.4 is 5.32 Å². The molecular weight excluding hydrogens is 214 g/mol. The van der Waals surface area contributed by atoms with Crippen molar-refractivity contribution in [3.8, 4) is 0 Å². The van der Waals surface area contributed by atoms with Crippen molar-refractivity contribution in [3.63, 3.8) is 0 Å². The fraction of sp³-hybridized carbons (Fsp3) is 0.182. The maximum atomic E-state index is 10.5. The molecule has 0 radical (unpaired) electrons. The van der Waals surface area contributed by atoms with Gasteiger partial charge in [-0.2, -0.15) is 0 Å². The number of rotatable bonds is 5. The summed E-state index contributed by atoms with van der Waals surface area (Å²) in [5, 5.41) is 11.8. The molecule has 0 saturated carbocycles. The number of benzene rings is 1. The predicted molar refractivity (Wildman–Crippen MR) is 62.6 cm³/mol. The summed E-state index contributed by atoms with van der Waals surface area (Å²) in [6.45, 7) is 5.07. The number of carboxylic acids is 1. The number of carbonyl (C=O) groups is 1. The van der Waals surface area contributed by atoms with Crippen molar-refractivity contribution in [2.45, 2.75) is 6.54 Å². The van der Waals surface area contributed by atoms with Gasteiger partial charge in [-0.15, -0.1) is 19.0 Å². The molecule has 82 valence electrons. The van der Waals surface area contributed by atoms with Gasteiger partial charge in [0.15, 0.2) is 0 Å². The van der Waals surface area contributed by atoms with Crippen LogP contribution in [0.5, 0.6) is 0 Å². The van der Waals surface area contributed by atoms with E-state index in [2.05, 4.69) is 11.9 Å². The van der Waals surface area contributed by atoms with Crippen molar-refractivity contribution < 1.29 is 9.90 Å². The third kappa shape index (κ3) is 4.63. The van der Waals surface area contributed by atoms with Crippen molar-refractivity contribution in [2.75, 3.05) is 6.54 Å². The summed E-state index contributed by atoms with van der Waals surface area (Å²) < 4.78 is 0. The Balaban J connectivity index is 0.00000196. The Labute approximate surface area is 95.2 Å². The van der Waals surface area contributed by atoms with E-state index in [1.54, 1.807) is 30.3 Å². The maximum Gasteiger partial charge on any atom is 0.335 e.